The second-order valence-electron chi connectivity index (χ2n) is 3.15. The lowest BCUT2D eigenvalue weighted by atomic mass is 10.1. The minimum atomic E-state index is -0.588. The van der Waals surface area contributed by atoms with Crippen LogP contribution in [-0.2, 0) is 9.47 Å². The van der Waals surface area contributed by atoms with E-state index in [9.17, 15) is 0 Å². The minimum absolute atomic E-state index is 0.144. The van der Waals surface area contributed by atoms with Gasteiger partial charge in [-0.3, -0.25) is 0 Å². The molecule has 13 heavy (non-hydrogen) atoms. The van der Waals surface area contributed by atoms with Crippen LogP contribution in [0.15, 0.2) is 0 Å². The highest BCUT2D eigenvalue weighted by Crippen LogP contribution is 2.06. The molecule has 0 aliphatic carbocycles. The summed E-state index contributed by atoms with van der Waals surface area (Å²) in [4.78, 5) is 0. The predicted molar refractivity (Wildman–Crippen MR) is 49.4 cm³/mol. The van der Waals surface area contributed by atoms with Crippen LogP contribution in [0, 0.1) is 0 Å². The minimum Gasteiger partial charge on any atom is -0.394 e. The zero-order valence-corrected chi connectivity index (χ0v) is 8.40. The van der Waals surface area contributed by atoms with Crippen molar-refractivity contribution < 1.29 is 19.7 Å². The largest absolute Gasteiger partial charge is 0.394 e. The van der Waals surface area contributed by atoms with Crippen LogP contribution >= 0.6 is 0 Å². The molecule has 2 N–H and O–H groups in total. The summed E-state index contributed by atoms with van der Waals surface area (Å²) in [6.45, 7) is 2.11. The van der Waals surface area contributed by atoms with Crippen LogP contribution in [-0.4, -0.2) is 42.9 Å². The van der Waals surface area contributed by atoms with E-state index in [0.29, 0.717) is 13.2 Å². The molecule has 0 spiro atoms. The maximum absolute atomic E-state index is 9.03. The molecule has 0 saturated heterocycles. The smallest absolute Gasteiger partial charge is 0.146 e. The quantitative estimate of drug-likeness (QED) is 0.550. The Balaban J connectivity index is 3.21. The van der Waals surface area contributed by atoms with E-state index in [1.165, 1.54) is 0 Å². The van der Waals surface area contributed by atoms with Crippen molar-refractivity contribution in [3.05, 3.63) is 0 Å². The van der Waals surface area contributed by atoms with Gasteiger partial charge in [-0.1, -0.05) is 0 Å². The molecule has 0 unspecified atom stereocenters. The second kappa shape index (κ2) is 8.44. The molecule has 4 heteroatoms. The molecule has 0 saturated carbocycles. The van der Waals surface area contributed by atoms with E-state index in [-0.39, 0.29) is 12.7 Å². The van der Waals surface area contributed by atoms with E-state index in [2.05, 4.69) is 0 Å². The Morgan fingerprint density at radius 1 is 1.31 bits per heavy atom. The molecule has 4 nitrogen and oxygen atoms in total. The Kier molecular flexibility index (Phi) is 8.33. The van der Waals surface area contributed by atoms with Crippen molar-refractivity contribution in [3.63, 3.8) is 0 Å². The van der Waals surface area contributed by atoms with E-state index in [4.69, 9.17) is 19.7 Å². The monoisotopic (exact) mass is 192 g/mol. The highest BCUT2D eigenvalue weighted by atomic mass is 16.7. The molecule has 0 bridgehead atoms. The standard InChI is InChI=1S/C9H20O4/c1-8(13-7-12-2)4-3-5-9(11)6-10/h8-11H,3-7H2,1-2H3/t8-,9+/m0/s1. The summed E-state index contributed by atoms with van der Waals surface area (Å²) in [5, 5.41) is 17.6. The molecule has 2 atom stereocenters. The summed E-state index contributed by atoms with van der Waals surface area (Å²) in [5.74, 6) is 0. The van der Waals surface area contributed by atoms with Gasteiger partial charge >= 0.3 is 0 Å². The van der Waals surface area contributed by atoms with Gasteiger partial charge < -0.3 is 19.7 Å². The van der Waals surface area contributed by atoms with Crippen molar-refractivity contribution >= 4 is 0 Å². The molecule has 80 valence electrons. The highest BCUT2D eigenvalue weighted by Gasteiger charge is 2.05. The van der Waals surface area contributed by atoms with Crippen LogP contribution in [0.3, 0.4) is 0 Å². The van der Waals surface area contributed by atoms with Gasteiger partial charge in [0.05, 0.1) is 18.8 Å². The van der Waals surface area contributed by atoms with E-state index in [1.54, 1.807) is 7.11 Å². The molecule has 0 rings (SSSR count). The van der Waals surface area contributed by atoms with E-state index < -0.39 is 6.10 Å². The number of hydrogen-bond acceptors (Lipinski definition) is 4. The molecule has 0 aliphatic rings. The average Bonchev–Trinajstić information content (AvgIpc) is 2.14. The molecule has 0 amide bonds. The Hall–Kier alpha value is -0.160. The van der Waals surface area contributed by atoms with Crippen molar-refractivity contribution in [3.8, 4) is 0 Å². The van der Waals surface area contributed by atoms with Gasteiger partial charge in [-0.25, -0.2) is 0 Å². The summed E-state index contributed by atoms with van der Waals surface area (Å²) in [6, 6.07) is 0. The van der Waals surface area contributed by atoms with Crippen LogP contribution in [0.1, 0.15) is 26.2 Å². The van der Waals surface area contributed by atoms with Crippen molar-refractivity contribution in [1.82, 2.24) is 0 Å². The van der Waals surface area contributed by atoms with Gasteiger partial charge in [-0.2, -0.15) is 0 Å². The summed E-state index contributed by atoms with van der Waals surface area (Å²) >= 11 is 0. The average molecular weight is 192 g/mol. The normalized spacial score (nSPS) is 15.7. The summed E-state index contributed by atoms with van der Waals surface area (Å²) < 4.78 is 9.99. The topological polar surface area (TPSA) is 58.9 Å². The number of hydrogen-bond donors (Lipinski definition) is 2. The predicted octanol–water partition coefficient (Wildman–Crippen LogP) is 0.519. The van der Waals surface area contributed by atoms with Crippen molar-refractivity contribution in [1.29, 1.82) is 0 Å². The Bertz CT molecular complexity index is 108. The third-order valence-corrected chi connectivity index (χ3v) is 1.83. The molecule has 0 aromatic heterocycles. The Morgan fingerprint density at radius 3 is 2.54 bits per heavy atom. The molecule has 0 fully saturated rings. The fraction of sp³-hybridized carbons (Fsp3) is 1.00. The Morgan fingerprint density at radius 2 is 2.00 bits per heavy atom. The molecule has 0 aromatic carbocycles. The van der Waals surface area contributed by atoms with Crippen molar-refractivity contribution in [2.45, 2.75) is 38.4 Å². The van der Waals surface area contributed by atoms with Gasteiger partial charge in [0.25, 0.3) is 0 Å². The second-order valence-corrected chi connectivity index (χ2v) is 3.15. The lowest BCUT2D eigenvalue weighted by Gasteiger charge is -2.12. The number of rotatable bonds is 8. The van der Waals surface area contributed by atoms with Gasteiger partial charge in [0.1, 0.15) is 6.79 Å². The third-order valence-electron chi connectivity index (χ3n) is 1.83. The van der Waals surface area contributed by atoms with Crippen LogP contribution in [0.4, 0.5) is 0 Å². The van der Waals surface area contributed by atoms with E-state index >= 15 is 0 Å². The van der Waals surface area contributed by atoms with E-state index in [0.717, 1.165) is 12.8 Å². The van der Waals surface area contributed by atoms with Gasteiger partial charge in [-0.15, -0.1) is 0 Å². The van der Waals surface area contributed by atoms with E-state index in [1.807, 2.05) is 6.92 Å². The summed E-state index contributed by atoms with van der Waals surface area (Å²) in [7, 11) is 1.59. The Labute approximate surface area is 79.5 Å². The van der Waals surface area contributed by atoms with Gasteiger partial charge in [0.15, 0.2) is 0 Å². The lowest BCUT2D eigenvalue weighted by molar-refractivity contribution is -0.0686. The van der Waals surface area contributed by atoms with Crippen LogP contribution < -0.4 is 0 Å². The molecule has 0 radical (unpaired) electrons. The fourth-order valence-corrected chi connectivity index (χ4v) is 1.000. The van der Waals surface area contributed by atoms with Gasteiger partial charge in [0, 0.05) is 7.11 Å². The first-order valence-corrected chi connectivity index (χ1v) is 4.60. The van der Waals surface area contributed by atoms with Gasteiger partial charge in [0.2, 0.25) is 0 Å². The lowest BCUT2D eigenvalue weighted by Crippen LogP contribution is -2.14. The first-order chi connectivity index (χ1) is 6.20. The maximum atomic E-state index is 9.03. The van der Waals surface area contributed by atoms with Crippen LogP contribution in [0.25, 0.3) is 0 Å². The molecule has 0 aliphatic heterocycles. The summed E-state index contributed by atoms with van der Waals surface area (Å²) in [5.41, 5.74) is 0. The number of methoxy groups -OCH3 is 1. The number of aliphatic hydroxyl groups excluding tert-OH is 2. The molecular formula is C9H20O4. The first-order valence-electron chi connectivity index (χ1n) is 4.60. The molecular weight excluding hydrogens is 172 g/mol. The van der Waals surface area contributed by atoms with Gasteiger partial charge in [-0.05, 0) is 26.2 Å². The fourth-order valence-electron chi connectivity index (χ4n) is 1.000. The SMILES string of the molecule is COCO[C@@H](C)CCC[C@@H](O)CO. The maximum Gasteiger partial charge on any atom is 0.146 e. The zero-order chi connectivity index (χ0) is 10.1. The highest BCUT2D eigenvalue weighted by molar-refractivity contribution is 4.56. The molecule has 0 heterocycles. The van der Waals surface area contributed by atoms with Crippen molar-refractivity contribution in [2.24, 2.45) is 0 Å². The molecule has 0 aromatic rings. The first kappa shape index (κ1) is 12.8. The van der Waals surface area contributed by atoms with Crippen LogP contribution in [0.5, 0.6) is 0 Å². The summed E-state index contributed by atoms with van der Waals surface area (Å²) in [6.07, 6.45) is 1.91. The van der Waals surface area contributed by atoms with Crippen LogP contribution in [0.2, 0.25) is 0 Å². The number of ether oxygens (including phenoxy) is 2. The number of aliphatic hydroxyl groups is 2. The third kappa shape index (κ3) is 8.18. The zero-order valence-electron chi connectivity index (χ0n) is 8.40. The van der Waals surface area contributed by atoms with Crippen molar-refractivity contribution in [2.75, 3.05) is 20.5 Å².